The second-order valence-corrected chi connectivity index (χ2v) is 5.98. The Morgan fingerprint density at radius 2 is 2.04 bits per heavy atom. The van der Waals surface area contributed by atoms with E-state index in [9.17, 15) is 9.59 Å². The van der Waals surface area contributed by atoms with Crippen LogP contribution in [0.2, 0.25) is 0 Å². The number of methoxy groups -OCH3 is 2. The standard InChI is InChI=1S/C15H15N3O5S/c1-21-13(19)9-6-23-7-18(12(9)14(20)22-2)8-3-4-11-10(5-8)17-15(16)24-11/h3-5H,6-7H2,1-2H3,(H2,16,17). The molecule has 0 saturated heterocycles. The summed E-state index contributed by atoms with van der Waals surface area (Å²) < 4.78 is 15.9. The topological polar surface area (TPSA) is 104 Å². The molecule has 3 rings (SSSR count). The number of anilines is 2. The molecule has 0 saturated carbocycles. The van der Waals surface area contributed by atoms with Crippen molar-refractivity contribution in [3.63, 3.8) is 0 Å². The maximum atomic E-state index is 12.2. The highest BCUT2D eigenvalue weighted by molar-refractivity contribution is 7.22. The first kappa shape index (κ1) is 16.2. The minimum atomic E-state index is -0.642. The van der Waals surface area contributed by atoms with E-state index in [0.717, 1.165) is 4.70 Å². The van der Waals surface area contributed by atoms with Crippen LogP contribution in [0.1, 0.15) is 0 Å². The second-order valence-electron chi connectivity index (χ2n) is 4.92. The minimum absolute atomic E-state index is 0.0283. The van der Waals surface area contributed by atoms with E-state index in [1.807, 2.05) is 6.07 Å². The molecule has 1 aliphatic rings. The summed E-state index contributed by atoms with van der Waals surface area (Å²) in [6, 6.07) is 5.42. The molecule has 0 radical (unpaired) electrons. The van der Waals surface area contributed by atoms with Crippen LogP contribution in [0, 0.1) is 0 Å². The van der Waals surface area contributed by atoms with Crippen molar-refractivity contribution in [2.24, 2.45) is 0 Å². The fourth-order valence-corrected chi connectivity index (χ4v) is 3.16. The Morgan fingerprint density at radius 1 is 1.29 bits per heavy atom. The molecule has 8 nitrogen and oxygen atoms in total. The fourth-order valence-electron chi connectivity index (χ4n) is 2.45. The van der Waals surface area contributed by atoms with Gasteiger partial charge in [0.15, 0.2) is 5.13 Å². The zero-order valence-corrected chi connectivity index (χ0v) is 13.9. The lowest BCUT2D eigenvalue weighted by Gasteiger charge is -2.31. The molecule has 0 bridgehead atoms. The molecule has 2 heterocycles. The first-order chi connectivity index (χ1) is 11.5. The van der Waals surface area contributed by atoms with E-state index in [0.29, 0.717) is 16.3 Å². The number of fused-ring (bicyclic) bond motifs is 1. The third kappa shape index (κ3) is 2.79. The number of hydrogen-bond donors (Lipinski definition) is 1. The van der Waals surface area contributed by atoms with Crippen LogP contribution in [-0.2, 0) is 23.8 Å². The van der Waals surface area contributed by atoms with Crippen LogP contribution < -0.4 is 10.6 Å². The number of nitrogens with two attached hydrogens (primary N) is 1. The van der Waals surface area contributed by atoms with Gasteiger partial charge in [-0.2, -0.15) is 0 Å². The highest BCUT2D eigenvalue weighted by Gasteiger charge is 2.32. The van der Waals surface area contributed by atoms with Gasteiger partial charge in [-0.25, -0.2) is 14.6 Å². The number of nitrogen functional groups attached to an aromatic ring is 1. The van der Waals surface area contributed by atoms with Gasteiger partial charge in [0.25, 0.3) is 0 Å². The molecule has 24 heavy (non-hydrogen) atoms. The minimum Gasteiger partial charge on any atom is -0.466 e. The van der Waals surface area contributed by atoms with Gasteiger partial charge in [0.05, 0.1) is 36.6 Å². The summed E-state index contributed by atoms with van der Waals surface area (Å²) in [5.74, 6) is -1.28. The van der Waals surface area contributed by atoms with Crippen molar-refractivity contribution in [3.05, 3.63) is 29.5 Å². The van der Waals surface area contributed by atoms with E-state index < -0.39 is 11.9 Å². The highest BCUT2D eigenvalue weighted by Crippen LogP contribution is 2.31. The summed E-state index contributed by atoms with van der Waals surface area (Å²) in [5, 5.41) is 0.455. The zero-order valence-electron chi connectivity index (χ0n) is 13.1. The van der Waals surface area contributed by atoms with Crippen molar-refractivity contribution in [3.8, 4) is 0 Å². The number of rotatable bonds is 3. The molecule has 9 heteroatoms. The first-order valence-corrected chi connectivity index (χ1v) is 7.78. The van der Waals surface area contributed by atoms with Gasteiger partial charge in [-0.3, -0.25) is 0 Å². The summed E-state index contributed by atoms with van der Waals surface area (Å²) >= 11 is 1.37. The van der Waals surface area contributed by atoms with Gasteiger partial charge >= 0.3 is 11.9 Å². The Balaban J connectivity index is 2.11. The predicted molar refractivity (Wildman–Crippen MR) is 88.4 cm³/mol. The maximum Gasteiger partial charge on any atom is 0.355 e. The van der Waals surface area contributed by atoms with Gasteiger partial charge in [0.2, 0.25) is 0 Å². The number of benzene rings is 1. The van der Waals surface area contributed by atoms with Crippen molar-refractivity contribution in [1.82, 2.24) is 4.98 Å². The number of ether oxygens (including phenoxy) is 3. The number of thiazole rings is 1. The van der Waals surface area contributed by atoms with Gasteiger partial charge in [-0.15, -0.1) is 0 Å². The van der Waals surface area contributed by atoms with Gasteiger partial charge in [-0.05, 0) is 18.2 Å². The summed E-state index contributed by atoms with van der Waals surface area (Å²) in [6.45, 7) is 0.0650. The Kier molecular flexibility index (Phi) is 4.36. The molecule has 0 fully saturated rings. The number of aromatic nitrogens is 1. The normalized spacial score (nSPS) is 14.8. The van der Waals surface area contributed by atoms with E-state index in [-0.39, 0.29) is 24.6 Å². The van der Waals surface area contributed by atoms with Crippen LogP contribution in [0.15, 0.2) is 29.5 Å². The van der Waals surface area contributed by atoms with Crippen LogP contribution >= 0.6 is 11.3 Å². The first-order valence-electron chi connectivity index (χ1n) is 6.96. The quantitative estimate of drug-likeness (QED) is 0.826. The van der Waals surface area contributed by atoms with Gasteiger partial charge in [0, 0.05) is 5.69 Å². The highest BCUT2D eigenvalue weighted by atomic mass is 32.1. The Hall–Kier alpha value is -2.65. The van der Waals surface area contributed by atoms with Gasteiger partial charge in [-0.1, -0.05) is 11.3 Å². The number of esters is 2. The summed E-state index contributed by atoms with van der Waals surface area (Å²) in [6.07, 6.45) is 0. The van der Waals surface area contributed by atoms with E-state index in [1.54, 1.807) is 17.0 Å². The molecule has 0 spiro atoms. The largest absolute Gasteiger partial charge is 0.466 e. The van der Waals surface area contributed by atoms with Crippen molar-refractivity contribution in [2.45, 2.75) is 0 Å². The molecule has 2 N–H and O–H groups in total. The number of nitrogens with zero attached hydrogens (tertiary/aromatic N) is 2. The molecule has 1 aromatic carbocycles. The molecule has 2 aromatic rings. The molecule has 0 amide bonds. The molecule has 0 atom stereocenters. The van der Waals surface area contributed by atoms with E-state index in [1.165, 1.54) is 25.6 Å². The molecule has 0 aliphatic carbocycles. The lowest BCUT2D eigenvalue weighted by Crippen LogP contribution is -2.38. The SMILES string of the molecule is COC(=O)C1=C(C(=O)OC)N(c2ccc3sc(N)nc3c2)COC1. The van der Waals surface area contributed by atoms with Crippen LogP contribution in [0.3, 0.4) is 0 Å². The smallest absolute Gasteiger partial charge is 0.355 e. The van der Waals surface area contributed by atoms with E-state index in [2.05, 4.69) is 4.98 Å². The van der Waals surface area contributed by atoms with Gasteiger partial charge < -0.3 is 24.8 Å². The van der Waals surface area contributed by atoms with Crippen molar-refractivity contribution >= 4 is 44.3 Å². The maximum absolute atomic E-state index is 12.2. The molecular formula is C15H15N3O5S. The van der Waals surface area contributed by atoms with E-state index in [4.69, 9.17) is 19.9 Å². The monoisotopic (exact) mass is 349 g/mol. The summed E-state index contributed by atoms with van der Waals surface area (Å²) in [4.78, 5) is 30.0. The third-order valence-electron chi connectivity index (χ3n) is 3.53. The van der Waals surface area contributed by atoms with Crippen molar-refractivity contribution < 1.29 is 23.8 Å². The zero-order chi connectivity index (χ0) is 17.3. The Morgan fingerprint density at radius 3 is 2.75 bits per heavy atom. The Labute approximate surface area is 141 Å². The molecular weight excluding hydrogens is 334 g/mol. The van der Waals surface area contributed by atoms with Crippen LogP contribution in [0.25, 0.3) is 10.2 Å². The van der Waals surface area contributed by atoms with Crippen molar-refractivity contribution in [2.75, 3.05) is 38.2 Å². The number of carbonyl (C=O) groups excluding carboxylic acids is 2. The fraction of sp³-hybridized carbons (Fsp3) is 0.267. The lowest BCUT2D eigenvalue weighted by atomic mass is 10.1. The number of hydrogen-bond acceptors (Lipinski definition) is 9. The predicted octanol–water partition coefficient (Wildman–Crippen LogP) is 1.27. The van der Waals surface area contributed by atoms with Crippen LogP contribution in [0.4, 0.5) is 10.8 Å². The Bertz CT molecular complexity index is 845. The summed E-state index contributed by atoms with van der Waals surface area (Å²) in [7, 11) is 2.50. The van der Waals surface area contributed by atoms with Crippen LogP contribution in [-0.4, -0.2) is 44.5 Å². The van der Waals surface area contributed by atoms with Crippen molar-refractivity contribution in [1.29, 1.82) is 0 Å². The molecule has 1 aliphatic heterocycles. The second kappa shape index (κ2) is 6.46. The summed E-state index contributed by atoms with van der Waals surface area (Å²) in [5.41, 5.74) is 7.25. The molecule has 1 aromatic heterocycles. The average molecular weight is 349 g/mol. The molecule has 0 unspecified atom stereocenters. The van der Waals surface area contributed by atoms with E-state index >= 15 is 0 Å². The third-order valence-corrected chi connectivity index (χ3v) is 4.40. The lowest BCUT2D eigenvalue weighted by molar-refractivity contribution is -0.140. The van der Waals surface area contributed by atoms with Gasteiger partial charge in [0.1, 0.15) is 12.4 Å². The molecule has 126 valence electrons. The number of carbonyl (C=O) groups is 2. The average Bonchev–Trinajstić information content (AvgIpc) is 2.98. The van der Waals surface area contributed by atoms with Crippen LogP contribution in [0.5, 0.6) is 0 Å².